The van der Waals surface area contributed by atoms with Crippen molar-refractivity contribution in [1.29, 1.82) is 0 Å². The van der Waals surface area contributed by atoms with E-state index in [2.05, 4.69) is 19.6 Å². The summed E-state index contributed by atoms with van der Waals surface area (Å²) in [5, 5.41) is 6.70. The Bertz CT molecular complexity index is 976. The van der Waals surface area contributed by atoms with E-state index in [0.717, 1.165) is 18.5 Å². The fourth-order valence-electron chi connectivity index (χ4n) is 2.31. The lowest BCUT2D eigenvalue weighted by atomic mass is 10.1. The first kappa shape index (κ1) is 18.9. The fourth-order valence-corrected chi connectivity index (χ4v) is 4.42. The van der Waals surface area contributed by atoms with Gasteiger partial charge >= 0.3 is 0 Å². The lowest BCUT2D eigenvalue weighted by molar-refractivity contribution is 0.577. The van der Waals surface area contributed by atoms with Crippen molar-refractivity contribution in [2.24, 2.45) is 5.92 Å². The molecule has 0 radical (unpaired) electrons. The van der Waals surface area contributed by atoms with Crippen LogP contribution in [0.5, 0.6) is 0 Å². The average molecular weight is 399 g/mol. The normalized spacial score (nSPS) is 15.3. The van der Waals surface area contributed by atoms with E-state index in [9.17, 15) is 16.8 Å². The third-order valence-corrected chi connectivity index (χ3v) is 6.97. The molecule has 2 aromatic rings. The lowest BCUT2D eigenvalue weighted by Crippen LogP contribution is -2.25. The van der Waals surface area contributed by atoms with Crippen LogP contribution >= 0.6 is 0 Å². The van der Waals surface area contributed by atoms with E-state index >= 15 is 0 Å². The Kier molecular flexibility index (Phi) is 5.09. The number of aromatic nitrogens is 2. The van der Waals surface area contributed by atoms with Gasteiger partial charge in [-0.25, -0.2) is 21.6 Å². The molecule has 142 valence electrons. The minimum absolute atomic E-state index is 0.0345. The molecule has 1 aromatic heterocycles. The van der Waals surface area contributed by atoms with E-state index < -0.39 is 20.0 Å². The molecule has 3 N–H and O–H groups in total. The van der Waals surface area contributed by atoms with E-state index in [1.165, 1.54) is 24.3 Å². The van der Waals surface area contributed by atoms with Crippen molar-refractivity contribution < 1.29 is 16.8 Å². The Labute approximate surface area is 153 Å². The predicted molar refractivity (Wildman–Crippen MR) is 97.8 cm³/mol. The van der Waals surface area contributed by atoms with Crippen LogP contribution in [-0.2, 0) is 20.0 Å². The zero-order valence-electron chi connectivity index (χ0n) is 14.6. The summed E-state index contributed by atoms with van der Waals surface area (Å²) in [7, 11) is -7.48. The fraction of sp³-hybridized carbons (Fsp3) is 0.438. The summed E-state index contributed by atoms with van der Waals surface area (Å²) < 4.78 is 54.2. The van der Waals surface area contributed by atoms with Crippen molar-refractivity contribution in [3.8, 4) is 0 Å². The van der Waals surface area contributed by atoms with Gasteiger partial charge < -0.3 is 0 Å². The number of hydrogen-bond donors (Lipinski definition) is 3. The second kappa shape index (κ2) is 7.01. The molecule has 1 fully saturated rings. The Morgan fingerprint density at radius 3 is 2.15 bits per heavy atom. The van der Waals surface area contributed by atoms with E-state index in [4.69, 9.17) is 0 Å². The van der Waals surface area contributed by atoms with E-state index in [1.54, 1.807) is 6.07 Å². The molecule has 0 bridgehead atoms. The zero-order valence-corrected chi connectivity index (χ0v) is 16.2. The molecule has 0 saturated heterocycles. The number of H-pyrrole nitrogens is 1. The largest absolute Gasteiger partial charge is 0.280 e. The van der Waals surface area contributed by atoms with Gasteiger partial charge in [0.2, 0.25) is 10.0 Å². The van der Waals surface area contributed by atoms with Crippen LogP contribution in [0.1, 0.15) is 38.3 Å². The molecule has 1 saturated carbocycles. The molecule has 8 nitrogen and oxygen atoms in total. The average Bonchev–Trinajstić information content (AvgIpc) is 3.30. The van der Waals surface area contributed by atoms with Gasteiger partial charge in [0, 0.05) is 18.3 Å². The first-order chi connectivity index (χ1) is 12.2. The highest BCUT2D eigenvalue weighted by atomic mass is 32.2. The van der Waals surface area contributed by atoms with Gasteiger partial charge in [-0.15, -0.1) is 0 Å². The molecule has 1 aromatic carbocycles. The maximum absolute atomic E-state index is 12.4. The van der Waals surface area contributed by atoms with Crippen LogP contribution in [0.15, 0.2) is 40.1 Å². The molecule has 1 aliphatic rings. The highest BCUT2D eigenvalue weighted by Gasteiger charge is 2.24. The van der Waals surface area contributed by atoms with Crippen LogP contribution in [0.25, 0.3) is 0 Å². The smallest absolute Gasteiger partial charge is 0.263 e. The van der Waals surface area contributed by atoms with Crippen molar-refractivity contribution in [3.05, 3.63) is 36.0 Å². The minimum atomic E-state index is -3.85. The van der Waals surface area contributed by atoms with Gasteiger partial charge in [-0.05, 0) is 48.9 Å². The first-order valence-corrected chi connectivity index (χ1v) is 11.3. The van der Waals surface area contributed by atoms with Gasteiger partial charge in [-0.3, -0.25) is 9.82 Å². The first-order valence-electron chi connectivity index (χ1n) is 8.35. The molecular formula is C16H22N4O4S2. The monoisotopic (exact) mass is 398 g/mol. The molecule has 0 unspecified atom stereocenters. The maximum atomic E-state index is 12.4. The van der Waals surface area contributed by atoms with E-state index in [-0.39, 0.29) is 21.5 Å². The minimum Gasteiger partial charge on any atom is -0.280 e. The molecule has 0 aliphatic heterocycles. The predicted octanol–water partition coefficient (Wildman–Crippen LogP) is 2.02. The Morgan fingerprint density at radius 2 is 1.65 bits per heavy atom. The van der Waals surface area contributed by atoms with Crippen molar-refractivity contribution >= 4 is 25.9 Å². The number of nitrogens with one attached hydrogen (secondary N) is 3. The van der Waals surface area contributed by atoms with Gasteiger partial charge in [0.25, 0.3) is 10.0 Å². The van der Waals surface area contributed by atoms with Gasteiger partial charge in [0.1, 0.15) is 0 Å². The number of sulfonamides is 2. The summed E-state index contributed by atoms with van der Waals surface area (Å²) in [6.45, 7) is 4.34. The zero-order chi connectivity index (χ0) is 18.9. The second-order valence-electron chi connectivity index (χ2n) is 6.74. The van der Waals surface area contributed by atoms with Crippen LogP contribution in [0.2, 0.25) is 0 Å². The summed E-state index contributed by atoms with van der Waals surface area (Å²) in [4.78, 5) is 0.00621. The standard InChI is InChI=1S/C16H22N4O4S2/c1-11(2)15-9-16(19-18-15)20-26(23,24)14-7-5-13(6-8-14)25(21,22)17-10-12-3-4-12/h5-9,11-12,17H,3-4,10H2,1-2H3,(H2,18,19,20). The lowest BCUT2D eigenvalue weighted by Gasteiger charge is -2.08. The number of hydrogen-bond acceptors (Lipinski definition) is 5. The van der Waals surface area contributed by atoms with Crippen molar-refractivity contribution in [3.63, 3.8) is 0 Å². The molecule has 0 spiro atoms. The van der Waals surface area contributed by atoms with Crippen molar-refractivity contribution in [2.45, 2.75) is 42.4 Å². The highest BCUT2D eigenvalue weighted by Crippen LogP contribution is 2.28. The maximum Gasteiger partial charge on any atom is 0.263 e. The number of rotatable bonds is 8. The molecule has 1 aliphatic carbocycles. The summed E-state index contributed by atoms with van der Waals surface area (Å²) in [5.41, 5.74) is 0.811. The second-order valence-corrected chi connectivity index (χ2v) is 10.2. The SMILES string of the molecule is CC(C)c1cc(NS(=O)(=O)c2ccc(S(=O)(=O)NCC3CC3)cc2)n[nH]1. The van der Waals surface area contributed by atoms with Gasteiger partial charge in [-0.2, -0.15) is 5.10 Å². The Morgan fingerprint density at radius 1 is 1.08 bits per heavy atom. The van der Waals surface area contributed by atoms with Crippen molar-refractivity contribution in [1.82, 2.24) is 14.9 Å². The third kappa shape index (κ3) is 4.43. The van der Waals surface area contributed by atoms with Gasteiger partial charge in [-0.1, -0.05) is 13.8 Å². The topological polar surface area (TPSA) is 121 Å². The summed E-state index contributed by atoms with van der Waals surface area (Å²) in [6, 6.07) is 6.73. The van der Waals surface area contributed by atoms with Crippen LogP contribution in [-0.4, -0.2) is 33.6 Å². The van der Waals surface area contributed by atoms with Crippen LogP contribution < -0.4 is 9.44 Å². The van der Waals surface area contributed by atoms with Gasteiger partial charge in [0.05, 0.1) is 9.79 Å². The number of nitrogens with zero attached hydrogens (tertiary/aromatic N) is 1. The highest BCUT2D eigenvalue weighted by molar-refractivity contribution is 7.92. The summed E-state index contributed by atoms with van der Waals surface area (Å²) in [6.07, 6.45) is 2.08. The molecular weight excluding hydrogens is 376 g/mol. The van der Waals surface area contributed by atoms with Crippen molar-refractivity contribution in [2.75, 3.05) is 11.3 Å². The number of aromatic amines is 1. The number of benzene rings is 1. The van der Waals surface area contributed by atoms with E-state index in [0.29, 0.717) is 12.5 Å². The molecule has 10 heteroatoms. The van der Waals surface area contributed by atoms with Crippen LogP contribution in [0.4, 0.5) is 5.82 Å². The molecule has 1 heterocycles. The quantitative estimate of drug-likeness (QED) is 0.628. The Balaban J connectivity index is 1.73. The molecule has 0 atom stereocenters. The van der Waals surface area contributed by atoms with Gasteiger partial charge in [0.15, 0.2) is 5.82 Å². The van der Waals surface area contributed by atoms with Crippen LogP contribution in [0, 0.1) is 5.92 Å². The molecule has 26 heavy (non-hydrogen) atoms. The molecule has 0 amide bonds. The van der Waals surface area contributed by atoms with E-state index in [1.807, 2.05) is 13.8 Å². The van der Waals surface area contributed by atoms with Crippen LogP contribution in [0.3, 0.4) is 0 Å². The third-order valence-electron chi connectivity index (χ3n) is 4.16. The summed E-state index contributed by atoms with van der Waals surface area (Å²) in [5.74, 6) is 0.795. The Hall–Kier alpha value is -1.91. The summed E-state index contributed by atoms with van der Waals surface area (Å²) >= 11 is 0. The molecule has 3 rings (SSSR count). The number of anilines is 1.